The highest BCUT2D eigenvalue weighted by atomic mass is 16.3. The maximum Gasteiger partial charge on any atom is 0.228 e. The van der Waals surface area contributed by atoms with Gasteiger partial charge in [-0.05, 0) is 38.1 Å². The van der Waals surface area contributed by atoms with E-state index in [1.165, 1.54) is 0 Å². The molecule has 2 nitrogen and oxygen atoms in total. The number of furan rings is 1. The first-order valence-corrected chi connectivity index (χ1v) is 6.25. The molecule has 1 aromatic heterocycles. The molecule has 3 aromatic rings. The van der Waals surface area contributed by atoms with Crippen molar-refractivity contribution >= 4 is 16.8 Å². The van der Waals surface area contributed by atoms with Gasteiger partial charge in [0.25, 0.3) is 0 Å². The predicted molar refractivity (Wildman–Crippen MR) is 75.6 cm³/mol. The second-order valence-electron chi connectivity index (χ2n) is 4.85. The Morgan fingerprint density at radius 3 is 2.32 bits per heavy atom. The van der Waals surface area contributed by atoms with Gasteiger partial charge in [0, 0.05) is 10.9 Å². The number of carbonyl (C=O) groups excluding carboxylic acids is 1. The molecule has 2 aromatic carbocycles. The number of rotatable bonds is 2. The molecule has 0 unspecified atom stereocenters. The van der Waals surface area contributed by atoms with Crippen LogP contribution in [0.1, 0.15) is 27.2 Å². The zero-order valence-corrected chi connectivity index (χ0v) is 10.9. The van der Waals surface area contributed by atoms with Crippen molar-refractivity contribution in [3.63, 3.8) is 0 Å². The first kappa shape index (κ1) is 11.7. The number of carbonyl (C=O) groups is 1. The van der Waals surface area contributed by atoms with Crippen LogP contribution in [-0.4, -0.2) is 5.78 Å². The summed E-state index contributed by atoms with van der Waals surface area (Å²) < 4.78 is 5.61. The Hall–Kier alpha value is -2.35. The number of para-hydroxylation sites is 1. The lowest BCUT2D eigenvalue weighted by Crippen LogP contribution is -2.00. The topological polar surface area (TPSA) is 30.2 Å². The molecule has 0 bridgehead atoms. The van der Waals surface area contributed by atoms with Gasteiger partial charge in [-0.3, -0.25) is 4.79 Å². The zero-order valence-electron chi connectivity index (χ0n) is 10.9. The van der Waals surface area contributed by atoms with Crippen molar-refractivity contribution in [2.75, 3.05) is 0 Å². The van der Waals surface area contributed by atoms with E-state index in [0.29, 0.717) is 11.3 Å². The van der Waals surface area contributed by atoms with Crippen LogP contribution in [0.25, 0.3) is 11.0 Å². The molecule has 0 aliphatic rings. The molecule has 0 spiro atoms. The van der Waals surface area contributed by atoms with Crippen LogP contribution >= 0.6 is 0 Å². The molecule has 2 heteroatoms. The molecule has 0 fully saturated rings. The molecule has 0 N–H and O–H groups in total. The Bertz CT molecular complexity index is 713. The molecule has 19 heavy (non-hydrogen) atoms. The summed E-state index contributed by atoms with van der Waals surface area (Å²) in [4.78, 5) is 12.4. The van der Waals surface area contributed by atoms with Crippen LogP contribution in [0.15, 0.2) is 52.9 Å². The van der Waals surface area contributed by atoms with E-state index < -0.39 is 0 Å². The first-order chi connectivity index (χ1) is 9.13. The standard InChI is InChI=1S/C17H14O2/c1-11-7-12(2)9-14(8-11)17(18)16-10-13-5-3-4-6-15(13)19-16/h3-10H,1-2H3. The highest BCUT2D eigenvalue weighted by molar-refractivity contribution is 6.09. The Kier molecular flexibility index (Phi) is 2.71. The first-order valence-electron chi connectivity index (χ1n) is 6.25. The van der Waals surface area contributed by atoms with E-state index in [-0.39, 0.29) is 5.78 Å². The molecular weight excluding hydrogens is 236 g/mol. The fraction of sp³-hybridized carbons (Fsp3) is 0.118. The van der Waals surface area contributed by atoms with Crippen LogP contribution in [0, 0.1) is 13.8 Å². The lowest BCUT2D eigenvalue weighted by molar-refractivity contribution is 0.101. The third-order valence-corrected chi connectivity index (χ3v) is 3.13. The SMILES string of the molecule is Cc1cc(C)cc(C(=O)c2cc3ccccc3o2)c1. The van der Waals surface area contributed by atoms with Gasteiger partial charge in [-0.1, -0.05) is 35.4 Å². The fourth-order valence-corrected chi connectivity index (χ4v) is 2.34. The van der Waals surface area contributed by atoms with Crippen LogP contribution in [-0.2, 0) is 0 Å². The molecule has 0 atom stereocenters. The van der Waals surface area contributed by atoms with E-state index in [4.69, 9.17) is 4.42 Å². The molecular formula is C17H14O2. The molecule has 0 aliphatic heterocycles. The minimum absolute atomic E-state index is 0.0667. The Balaban J connectivity index is 2.07. The van der Waals surface area contributed by atoms with E-state index in [0.717, 1.165) is 22.1 Å². The number of hydrogen-bond donors (Lipinski definition) is 0. The maximum absolute atomic E-state index is 12.4. The minimum atomic E-state index is -0.0667. The van der Waals surface area contributed by atoms with Crippen LogP contribution in [0.5, 0.6) is 0 Å². The third-order valence-electron chi connectivity index (χ3n) is 3.13. The van der Waals surface area contributed by atoms with Crippen LogP contribution in [0.2, 0.25) is 0 Å². The van der Waals surface area contributed by atoms with Crippen molar-refractivity contribution in [1.29, 1.82) is 0 Å². The summed E-state index contributed by atoms with van der Waals surface area (Å²) in [6.45, 7) is 3.98. The average Bonchev–Trinajstić information content (AvgIpc) is 2.80. The number of aryl methyl sites for hydroxylation is 2. The van der Waals surface area contributed by atoms with Crippen molar-refractivity contribution in [3.05, 3.63) is 71.0 Å². The Morgan fingerprint density at radius 2 is 1.63 bits per heavy atom. The Labute approximate surface area is 111 Å². The van der Waals surface area contributed by atoms with Crippen LogP contribution in [0.4, 0.5) is 0 Å². The molecule has 0 radical (unpaired) electrons. The summed E-state index contributed by atoms with van der Waals surface area (Å²) in [5.41, 5.74) is 3.59. The van der Waals surface area contributed by atoms with E-state index >= 15 is 0 Å². The summed E-state index contributed by atoms with van der Waals surface area (Å²) in [5, 5.41) is 0.954. The summed E-state index contributed by atoms with van der Waals surface area (Å²) in [7, 11) is 0. The lowest BCUT2D eigenvalue weighted by Gasteiger charge is -2.02. The van der Waals surface area contributed by atoms with Gasteiger partial charge in [-0.25, -0.2) is 0 Å². The van der Waals surface area contributed by atoms with E-state index in [2.05, 4.69) is 6.07 Å². The Morgan fingerprint density at radius 1 is 0.947 bits per heavy atom. The molecule has 0 saturated heterocycles. The summed E-state index contributed by atoms with van der Waals surface area (Å²) in [5.74, 6) is 0.328. The maximum atomic E-state index is 12.4. The highest BCUT2D eigenvalue weighted by Crippen LogP contribution is 2.22. The molecule has 3 rings (SSSR count). The fourth-order valence-electron chi connectivity index (χ4n) is 2.34. The number of benzene rings is 2. The van der Waals surface area contributed by atoms with Gasteiger partial charge in [0.1, 0.15) is 5.58 Å². The number of fused-ring (bicyclic) bond motifs is 1. The van der Waals surface area contributed by atoms with Gasteiger partial charge in [-0.2, -0.15) is 0 Å². The summed E-state index contributed by atoms with van der Waals surface area (Å²) in [6, 6.07) is 15.3. The van der Waals surface area contributed by atoms with Crippen molar-refractivity contribution in [2.24, 2.45) is 0 Å². The zero-order chi connectivity index (χ0) is 13.4. The van der Waals surface area contributed by atoms with Crippen LogP contribution in [0.3, 0.4) is 0 Å². The third kappa shape index (κ3) is 2.17. The summed E-state index contributed by atoms with van der Waals surface area (Å²) in [6.07, 6.45) is 0. The van der Waals surface area contributed by atoms with E-state index in [9.17, 15) is 4.79 Å². The van der Waals surface area contributed by atoms with Gasteiger partial charge >= 0.3 is 0 Å². The molecule has 0 aliphatic carbocycles. The van der Waals surface area contributed by atoms with E-state index in [1.807, 2.05) is 50.2 Å². The van der Waals surface area contributed by atoms with Gasteiger partial charge in [0.2, 0.25) is 5.78 Å². The number of ketones is 1. The van der Waals surface area contributed by atoms with Crippen molar-refractivity contribution in [2.45, 2.75) is 13.8 Å². The molecule has 94 valence electrons. The average molecular weight is 250 g/mol. The number of hydrogen-bond acceptors (Lipinski definition) is 2. The normalized spacial score (nSPS) is 10.8. The highest BCUT2D eigenvalue weighted by Gasteiger charge is 2.14. The molecule has 0 saturated carbocycles. The second kappa shape index (κ2) is 4.39. The van der Waals surface area contributed by atoms with Crippen molar-refractivity contribution < 1.29 is 9.21 Å². The minimum Gasteiger partial charge on any atom is -0.453 e. The quantitative estimate of drug-likeness (QED) is 0.635. The predicted octanol–water partition coefficient (Wildman–Crippen LogP) is 4.28. The van der Waals surface area contributed by atoms with Gasteiger partial charge in [0.15, 0.2) is 5.76 Å². The second-order valence-corrected chi connectivity index (χ2v) is 4.85. The lowest BCUT2D eigenvalue weighted by atomic mass is 10.0. The molecule has 0 amide bonds. The van der Waals surface area contributed by atoms with Gasteiger partial charge < -0.3 is 4.42 Å². The largest absolute Gasteiger partial charge is 0.453 e. The van der Waals surface area contributed by atoms with Crippen molar-refractivity contribution in [1.82, 2.24) is 0 Å². The summed E-state index contributed by atoms with van der Waals surface area (Å²) >= 11 is 0. The van der Waals surface area contributed by atoms with E-state index in [1.54, 1.807) is 6.07 Å². The monoisotopic (exact) mass is 250 g/mol. The smallest absolute Gasteiger partial charge is 0.228 e. The van der Waals surface area contributed by atoms with Crippen molar-refractivity contribution in [3.8, 4) is 0 Å². The van der Waals surface area contributed by atoms with Crippen LogP contribution < -0.4 is 0 Å². The van der Waals surface area contributed by atoms with Gasteiger partial charge in [0.05, 0.1) is 0 Å². The molecule has 1 heterocycles. The van der Waals surface area contributed by atoms with Gasteiger partial charge in [-0.15, -0.1) is 0 Å².